The first-order chi connectivity index (χ1) is 11.2. The van der Waals surface area contributed by atoms with Gasteiger partial charge in [0.25, 0.3) is 0 Å². The maximum Gasteiger partial charge on any atom is 0.223 e. The highest BCUT2D eigenvalue weighted by Crippen LogP contribution is 2.22. The van der Waals surface area contributed by atoms with E-state index >= 15 is 0 Å². The summed E-state index contributed by atoms with van der Waals surface area (Å²) in [6.07, 6.45) is 3.81. The number of pyridine rings is 1. The van der Waals surface area contributed by atoms with Crippen LogP contribution in [0.5, 0.6) is 0 Å². The molecule has 2 aromatic heterocycles. The van der Waals surface area contributed by atoms with Gasteiger partial charge in [0.05, 0.1) is 12.6 Å². The minimum Gasteiger partial charge on any atom is -0.379 e. The van der Waals surface area contributed by atoms with Crippen LogP contribution in [-0.4, -0.2) is 40.2 Å². The molecule has 7 nitrogen and oxygen atoms in total. The molecule has 0 aliphatic carbocycles. The average Bonchev–Trinajstić information content (AvgIpc) is 2.55. The van der Waals surface area contributed by atoms with Crippen LogP contribution < -0.4 is 10.6 Å². The van der Waals surface area contributed by atoms with Crippen molar-refractivity contribution in [3.05, 3.63) is 18.0 Å². The Morgan fingerprint density at radius 1 is 1.39 bits per heavy atom. The standard InChI is InChI=1S/C16H20N6O/c1-10(2)19-15-14-11(6-13(7-17)20-15)8-18-16(22-14)21-12-4-3-5-23-9-12/h6,8,10,12H,3-5,9H2,1-2H3,(H,19,20)(H,18,21,22)/t12-/m0/s1. The lowest BCUT2D eigenvalue weighted by Crippen LogP contribution is -2.30. The van der Waals surface area contributed by atoms with Crippen LogP contribution in [0.2, 0.25) is 0 Å². The molecule has 3 heterocycles. The molecule has 0 saturated carbocycles. The molecular weight excluding hydrogens is 292 g/mol. The largest absolute Gasteiger partial charge is 0.379 e. The molecule has 120 valence electrons. The fourth-order valence-corrected chi connectivity index (χ4v) is 2.58. The molecule has 1 aliphatic heterocycles. The van der Waals surface area contributed by atoms with E-state index in [4.69, 9.17) is 10.00 Å². The molecular formula is C16H20N6O. The number of aromatic nitrogens is 3. The van der Waals surface area contributed by atoms with Crippen molar-refractivity contribution in [1.82, 2.24) is 15.0 Å². The zero-order chi connectivity index (χ0) is 16.2. The predicted molar refractivity (Wildman–Crippen MR) is 88.3 cm³/mol. The van der Waals surface area contributed by atoms with Gasteiger partial charge in [-0.25, -0.2) is 15.0 Å². The molecule has 2 N–H and O–H groups in total. The number of anilines is 2. The van der Waals surface area contributed by atoms with Gasteiger partial charge in [-0.05, 0) is 32.8 Å². The first-order valence-electron chi connectivity index (χ1n) is 7.84. The molecule has 0 amide bonds. The SMILES string of the molecule is CC(C)Nc1nc(C#N)cc2cnc(N[C@H]3CCCOC3)nc12. The number of nitriles is 1. The summed E-state index contributed by atoms with van der Waals surface area (Å²) in [7, 11) is 0. The Kier molecular flexibility index (Phi) is 4.53. The third-order valence-electron chi connectivity index (χ3n) is 3.60. The molecule has 23 heavy (non-hydrogen) atoms. The van der Waals surface area contributed by atoms with Crippen LogP contribution in [0.15, 0.2) is 12.3 Å². The van der Waals surface area contributed by atoms with Crippen LogP contribution in [-0.2, 0) is 4.74 Å². The fourth-order valence-electron chi connectivity index (χ4n) is 2.58. The predicted octanol–water partition coefficient (Wildman–Crippen LogP) is 2.31. The minimum absolute atomic E-state index is 0.192. The van der Waals surface area contributed by atoms with Crippen LogP contribution in [0.4, 0.5) is 11.8 Å². The normalized spacial score (nSPS) is 17.9. The van der Waals surface area contributed by atoms with E-state index in [0.717, 1.165) is 24.8 Å². The van der Waals surface area contributed by atoms with Gasteiger partial charge in [0, 0.05) is 24.2 Å². The van der Waals surface area contributed by atoms with E-state index in [1.165, 1.54) is 0 Å². The third-order valence-corrected chi connectivity index (χ3v) is 3.60. The van der Waals surface area contributed by atoms with Crippen molar-refractivity contribution in [2.45, 2.75) is 38.8 Å². The first kappa shape index (κ1) is 15.4. The van der Waals surface area contributed by atoms with Gasteiger partial charge in [0.15, 0.2) is 5.82 Å². The van der Waals surface area contributed by atoms with E-state index in [2.05, 4.69) is 31.7 Å². The highest BCUT2D eigenvalue weighted by molar-refractivity contribution is 5.89. The summed E-state index contributed by atoms with van der Waals surface area (Å²) in [4.78, 5) is 13.3. The maximum atomic E-state index is 9.12. The second kappa shape index (κ2) is 6.75. The summed E-state index contributed by atoms with van der Waals surface area (Å²) in [5.41, 5.74) is 1.07. The van der Waals surface area contributed by atoms with E-state index in [0.29, 0.717) is 29.6 Å². The topological polar surface area (TPSA) is 95.8 Å². The Bertz CT molecular complexity index is 733. The third kappa shape index (κ3) is 3.66. The minimum atomic E-state index is 0.192. The second-order valence-corrected chi connectivity index (χ2v) is 5.96. The van der Waals surface area contributed by atoms with E-state index in [1.807, 2.05) is 13.8 Å². The summed E-state index contributed by atoms with van der Waals surface area (Å²) in [6.45, 7) is 5.53. The molecule has 3 rings (SSSR count). The number of nitrogens with one attached hydrogen (secondary N) is 2. The number of hydrogen-bond donors (Lipinski definition) is 2. The van der Waals surface area contributed by atoms with Crippen molar-refractivity contribution in [2.24, 2.45) is 0 Å². The smallest absolute Gasteiger partial charge is 0.223 e. The van der Waals surface area contributed by atoms with E-state index < -0.39 is 0 Å². The van der Waals surface area contributed by atoms with Crippen molar-refractivity contribution in [1.29, 1.82) is 5.26 Å². The van der Waals surface area contributed by atoms with Gasteiger partial charge >= 0.3 is 0 Å². The molecule has 1 fully saturated rings. The van der Waals surface area contributed by atoms with Crippen molar-refractivity contribution in [3.8, 4) is 6.07 Å². The maximum absolute atomic E-state index is 9.12. The van der Waals surface area contributed by atoms with Gasteiger partial charge in [0.2, 0.25) is 5.95 Å². The molecule has 1 saturated heterocycles. The molecule has 2 aromatic rings. The van der Waals surface area contributed by atoms with E-state index in [9.17, 15) is 0 Å². The van der Waals surface area contributed by atoms with Gasteiger partial charge in [-0.15, -0.1) is 0 Å². The van der Waals surface area contributed by atoms with E-state index in [-0.39, 0.29) is 12.1 Å². The van der Waals surface area contributed by atoms with Gasteiger partial charge in [0.1, 0.15) is 17.3 Å². The summed E-state index contributed by atoms with van der Waals surface area (Å²) in [5, 5.41) is 16.5. The van der Waals surface area contributed by atoms with Gasteiger partial charge in [-0.2, -0.15) is 5.26 Å². The molecule has 0 aromatic carbocycles. The summed E-state index contributed by atoms with van der Waals surface area (Å²) in [5.74, 6) is 1.17. The Balaban J connectivity index is 1.94. The molecule has 7 heteroatoms. The van der Waals surface area contributed by atoms with Crippen molar-refractivity contribution in [3.63, 3.8) is 0 Å². The van der Waals surface area contributed by atoms with Crippen molar-refractivity contribution >= 4 is 22.7 Å². The highest BCUT2D eigenvalue weighted by Gasteiger charge is 2.16. The molecule has 0 radical (unpaired) electrons. The van der Waals surface area contributed by atoms with Crippen LogP contribution in [0.25, 0.3) is 10.9 Å². The lowest BCUT2D eigenvalue weighted by molar-refractivity contribution is 0.0874. The van der Waals surface area contributed by atoms with Crippen LogP contribution in [0.3, 0.4) is 0 Å². The number of hydrogen-bond acceptors (Lipinski definition) is 7. The van der Waals surface area contributed by atoms with Crippen molar-refractivity contribution in [2.75, 3.05) is 23.8 Å². The second-order valence-electron chi connectivity index (χ2n) is 5.96. The zero-order valence-electron chi connectivity index (χ0n) is 13.3. The van der Waals surface area contributed by atoms with Crippen LogP contribution in [0.1, 0.15) is 32.4 Å². The summed E-state index contributed by atoms with van der Waals surface area (Å²) < 4.78 is 5.47. The Hall–Kier alpha value is -2.46. The number of rotatable bonds is 4. The molecule has 0 unspecified atom stereocenters. The lowest BCUT2D eigenvalue weighted by atomic mass is 10.1. The van der Waals surface area contributed by atoms with Gasteiger partial charge in [-0.1, -0.05) is 0 Å². The first-order valence-corrected chi connectivity index (χ1v) is 7.84. The van der Waals surface area contributed by atoms with Gasteiger partial charge < -0.3 is 15.4 Å². The summed E-state index contributed by atoms with van der Waals surface area (Å²) >= 11 is 0. The quantitative estimate of drug-likeness (QED) is 0.894. The highest BCUT2D eigenvalue weighted by atomic mass is 16.5. The summed E-state index contributed by atoms with van der Waals surface area (Å²) in [6, 6.07) is 4.20. The molecule has 1 atom stereocenters. The zero-order valence-corrected chi connectivity index (χ0v) is 13.3. The Labute approximate surface area is 135 Å². The lowest BCUT2D eigenvalue weighted by Gasteiger charge is -2.23. The number of ether oxygens (including phenoxy) is 1. The Morgan fingerprint density at radius 3 is 2.96 bits per heavy atom. The number of nitrogens with zero attached hydrogens (tertiary/aromatic N) is 4. The number of fused-ring (bicyclic) bond motifs is 1. The van der Waals surface area contributed by atoms with Gasteiger partial charge in [-0.3, -0.25) is 0 Å². The van der Waals surface area contributed by atoms with Crippen LogP contribution >= 0.6 is 0 Å². The average molecular weight is 312 g/mol. The molecule has 0 spiro atoms. The van der Waals surface area contributed by atoms with Crippen LogP contribution in [0, 0.1) is 11.3 Å². The Morgan fingerprint density at radius 2 is 2.26 bits per heavy atom. The monoisotopic (exact) mass is 312 g/mol. The fraction of sp³-hybridized carbons (Fsp3) is 0.500. The molecule has 0 bridgehead atoms. The van der Waals surface area contributed by atoms with Crippen molar-refractivity contribution < 1.29 is 4.74 Å². The molecule has 1 aliphatic rings. The van der Waals surface area contributed by atoms with E-state index in [1.54, 1.807) is 12.3 Å².